The molecule has 0 aromatic carbocycles. The first-order valence-electron chi connectivity index (χ1n) is 7.19. The summed E-state index contributed by atoms with van der Waals surface area (Å²) >= 11 is 0. The molecule has 0 bridgehead atoms. The van der Waals surface area contributed by atoms with Crippen LogP contribution in [0.1, 0.15) is 37.8 Å². The first kappa shape index (κ1) is 14.1. The van der Waals surface area contributed by atoms with Gasteiger partial charge in [0.15, 0.2) is 0 Å². The third-order valence-electron chi connectivity index (χ3n) is 3.80. The summed E-state index contributed by atoms with van der Waals surface area (Å²) in [6, 6.07) is 5.92. The van der Waals surface area contributed by atoms with Gasteiger partial charge >= 0.3 is 0 Å². The third kappa shape index (κ3) is 4.06. The summed E-state index contributed by atoms with van der Waals surface area (Å²) in [6.07, 6.45) is 8.97. The molecule has 1 aliphatic carbocycles. The predicted molar refractivity (Wildman–Crippen MR) is 79.3 cm³/mol. The molecule has 0 saturated heterocycles. The van der Waals surface area contributed by atoms with Crippen molar-refractivity contribution in [1.82, 2.24) is 10.3 Å². The van der Waals surface area contributed by atoms with Gasteiger partial charge in [-0.1, -0.05) is 30.9 Å². The maximum atomic E-state index is 5.19. The van der Waals surface area contributed by atoms with Crippen LogP contribution < -0.4 is 10.1 Å². The zero-order valence-electron chi connectivity index (χ0n) is 12.0. The lowest BCUT2D eigenvalue weighted by molar-refractivity contribution is 0.396. The minimum atomic E-state index is 0.682. The predicted octanol–water partition coefficient (Wildman–Crippen LogP) is 3.27. The molecule has 2 rings (SSSR count). The highest BCUT2D eigenvalue weighted by molar-refractivity contribution is 5.50. The summed E-state index contributed by atoms with van der Waals surface area (Å²) in [6.45, 7) is 0.948. The van der Waals surface area contributed by atoms with Crippen LogP contribution in [0.5, 0.6) is 5.88 Å². The molecule has 0 unspecified atom stereocenters. The first-order valence-corrected chi connectivity index (χ1v) is 7.19. The van der Waals surface area contributed by atoms with Gasteiger partial charge < -0.3 is 10.1 Å². The number of methoxy groups -OCH3 is 1. The van der Waals surface area contributed by atoms with Crippen LogP contribution in [0.2, 0.25) is 0 Å². The van der Waals surface area contributed by atoms with Gasteiger partial charge in [-0.2, -0.15) is 0 Å². The molecule has 1 aromatic heterocycles. The first-order chi connectivity index (χ1) is 9.33. The lowest BCUT2D eigenvalue weighted by Gasteiger charge is -2.24. The van der Waals surface area contributed by atoms with Crippen molar-refractivity contribution in [3.8, 4) is 5.88 Å². The molecule has 3 nitrogen and oxygen atoms in total. The number of nitrogens with one attached hydrogen (secondary N) is 1. The van der Waals surface area contributed by atoms with Crippen LogP contribution in [0.15, 0.2) is 23.8 Å². The van der Waals surface area contributed by atoms with Crippen LogP contribution in [-0.4, -0.2) is 25.7 Å². The fourth-order valence-electron chi connectivity index (χ4n) is 2.81. The molecule has 1 aromatic rings. The molecule has 0 spiro atoms. The molecule has 0 radical (unpaired) electrons. The Labute approximate surface area is 116 Å². The van der Waals surface area contributed by atoms with Gasteiger partial charge in [-0.05, 0) is 37.9 Å². The van der Waals surface area contributed by atoms with E-state index < -0.39 is 0 Å². The van der Waals surface area contributed by atoms with Crippen molar-refractivity contribution in [3.05, 3.63) is 29.5 Å². The molecule has 1 heterocycles. The van der Waals surface area contributed by atoms with Gasteiger partial charge in [-0.3, -0.25) is 0 Å². The number of hydrogen-bond donors (Lipinski definition) is 1. The molecule has 19 heavy (non-hydrogen) atoms. The summed E-state index contributed by atoms with van der Waals surface area (Å²) in [4.78, 5) is 4.48. The van der Waals surface area contributed by atoms with Crippen molar-refractivity contribution in [1.29, 1.82) is 0 Å². The minimum absolute atomic E-state index is 0.682. The van der Waals surface area contributed by atoms with Crippen LogP contribution in [0.3, 0.4) is 0 Å². The highest BCUT2D eigenvalue weighted by Crippen LogP contribution is 2.30. The second-order valence-corrected chi connectivity index (χ2v) is 5.19. The summed E-state index contributed by atoms with van der Waals surface area (Å²) in [5.41, 5.74) is 2.47. The SMILES string of the molecule is CNC/C(=C/c1cccc(OC)n1)C1CCCCC1. The van der Waals surface area contributed by atoms with E-state index in [0.717, 1.165) is 12.2 Å². The summed E-state index contributed by atoms with van der Waals surface area (Å²) in [7, 11) is 3.67. The number of ether oxygens (including phenoxy) is 1. The Morgan fingerprint density at radius 1 is 1.37 bits per heavy atom. The number of likely N-dealkylation sites (N-methyl/N-ethyl adjacent to an activating group) is 1. The smallest absolute Gasteiger partial charge is 0.213 e. The zero-order chi connectivity index (χ0) is 13.5. The molecular weight excluding hydrogens is 236 g/mol. The van der Waals surface area contributed by atoms with Gasteiger partial charge in [0.25, 0.3) is 0 Å². The monoisotopic (exact) mass is 260 g/mol. The Kier molecular flexibility index (Phi) is 5.40. The van der Waals surface area contributed by atoms with Crippen LogP contribution in [0.4, 0.5) is 0 Å². The van der Waals surface area contributed by atoms with Gasteiger partial charge in [0, 0.05) is 12.6 Å². The number of aromatic nitrogens is 1. The topological polar surface area (TPSA) is 34.1 Å². The normalized spacial score (nSPS) is 17.5. The van der Waals surface area contributed by atoms with Crippen molar-refractivity contribution < 1.29 is 4.74 Å². The average molecular weight is 260 g/mol. The largest absolute Gasteiger partial charge is 0.481 e. The minimum Gasteiger partial charge on any atom is -0.481 e. The van der Waals surface area contributed by atoms with Crippen LogP contribution in [0, 0.1) is 5.92 Å². The van der Waals surface area contributed by atoms with E-state index in [1.807, 2.05) is 25.2 Å². The lowest BCUT2D eigenvalue weighted by atomic mass is 9.83. The molecule has 1 aliphatic rings. The fraction of sp³-hybridized carbons (Fsp3) is 0.562. The highest BCUT2D eigenvalue weighted by Gasteiger charge is 2.17. The van der Waals surface area contributed by atoms with Gasteiger partial charge in [-0.25, -0.2) is 4.98 Å². The van der Waals surface area contributed by atoms with Crippen molar-refractivity contribution in [2.75, 3.05) is 20.7 Å². The Morgan fingerprint density at radius 3 is 2.84 bits per heavy atom. The van der Waals surface area contributed by atoms with Crippen LogP contribution >= 0.6 is 0 Å². The Hall–Kier alpha value is -1.35. The van der Waals surface area contributed by atoms with Crippen LogP contribution in [0.25, 0.3) is 6.08 Å². The van der Waals surface area contributed by atoms with E-state index in [1.54, 1.807) is 7.11 Å². The number of hydrogen-bond acceptors (Lipinski definition) is 3. The van der Waals surface area contributed by atoms with E-state index in [0.29, 0.717) is 11.8 Å². The summed E-state index contributed by atoms with van der Waals surface area (Å²) in [5.74, 6) is 1.40. The van der Waals surface area contributed by atoms with Crippen LogP contribution in [-0.2, 0) is 0 Å². The zero-order valence-corrected chi connectivity index (χ0v) is 12.0. The van der Waals surface area contributed by atoms with E-state index in [2.05, 4.69) is 16.4 Å². The molecule has 3 heteroatoms. The fourth-order valence-corrected chi connectivity index (χ4v) is 2.81. The molecule has 0 aliphatic heterocycles. The molecule has 1 saturated carbocycles. The van der Waals surface area contributed by atoms with Gasteiger partial charge in [-0.15, -0.1) is 0 Å². The van der Waals surface area contributed by atoms with E-state index in [-0.39, 0.29) is 0 Å². The molecular formula is C16H24N2O. The van der Waals surface area contributed by atoms with Gasteiger partial charge in [0.1, 0.15) is 0 Å². The average Bonchev–Trinajstić information content (AvgIpc) is 2.48. The van der Waals surface area contributed by atoms with Crippen molar-refractivity contribution in [2.24, 2.45) is 5.92 Å². The second-order valence-electron chi connectivity index (χ2n) is 5.19. The number of rotatable bonds is 5. The van der Waals surface area contributed by atoms with E-state index in [1.165, 1.54) is 37.7 Å². The van der Waals surface area contributed by atoms with Crippen molar-refractivity contribution in [3.63, 3.8) is 0 Å². The van der Waals surface area contributed by atoms with Gasteiger partial charge in [0.2, 0.25) is 5.88 Å². The molecule has 104 valence electrons. The standard InChI is InChI=1S/C16H24N2O/c1-17-12-14(13-7-4-3-5-8-13)11-15-9-6-10-16(18-15)19-2/h6,9-11,13,17H,3-5,7-8,12H2,1-2H3/b14-11-. The maximum Gasteiger partial charge on any atom is 0.213 e. The third-order valence-corrected chi connectivity index (χ3v) is 3.80. The molecule has 1 fully saturated rings. The van der Waals surface area contributed by atoms with E-state index >= 15 is 0 Å². The van der Waals surface area contributed by atoms with Crippen molar-refractivity contribution >= 4 is 6.08 Å². The van der Waals surface area contributed by atoms with Crippen molar-refractivity contribution in [2.45, 2.75) is 32.1 Å². The number of pyridine rings is 1. The number of nitrogens with zero attached hydrogens (tertiary/aromatic N) is 1. The van der Waals surface area contributed by atoms with Gasteiger partial charge in [0.05, 0.1) is 12.8 Å². The Morgan fingerprint density at radius 2 is 2.16 bits per heavy atom. The van der Waals surface area contributed by atoms with E-state index in [4.69, 9.17) is 4.74 Å². The lowest BCUT2D eigenvalue weighted by Crippen LogP contribution is -2.19. The molecule has 0 atom stereocenters. The Bertz CT molecular complexity index is 423. The summed E-state index contributed by atoms with van der Waals surface area (Å²) < 4.78 is 5.19. The quantitative estimate of drug-likeness (QED) is 0.882. The molecule has 0 amide bonds. The molecule has 1 N–H and O–H groups in total. The Balaban J connectivity index is 2.18. The van der Waals surface area contributed by atoms with E-state index in [9.17, 15) is 0 Å². The summed E-state index contributed by atoms with van der Waals surface area (Å²) in [5, 5.41) is 3.29. The maximum absolute atomic E-state index is 5.19. The highest BCUT2D eigenvalue weighted by atomic mass is 16.5. The second kappa shape index (κ2) is 7.29.